The van der Waals surface area contributed by atoms with Gasteiger partial charge >= 0.3 is 0 Å². The molecule has 29 heavy (non-hydrogen) atoms. The number of hydrogen-bond donors (Lipinski definition) is 2. The largest absolute Gasteiger partial charge is 0.496 e. The lowest BCUT2D eigenvalue weighted by atomic mass is 10.1. The van der Waals surface area contributed by atoms with Crippen LogP contribution in [0.15, 0.2) is 65.6 Å². The molecule has 7 heteroatoms. The van der Waals surface area contributed by atoms with Crippen LogP contribution >= 0.6 is 0 Å². The van der Waals surface area contributed by atoms with Crippen molar-refractivity contribution in [1.29, 1.82) is 0 Å². The van der Waals surface area contributed by atoms with Crippen LogP contribution in [-0.2, 0) is 6.42 Å². The van der Waals surface area contributed by atoms with Gasteiger partial charge in [-0.1, -0.05) is 35.9 Å². The fourth-order valence-corrected chi connectivity index (χ4v) is 3.17. The summed E-state index contributed by atoms with van der Waals surface area (Å²) in [7, 11) is 1.60. The van der Waals surface area contributed by atoms with Crippen LogP contribution in [0.5, 0.6) is 5.75 Å². The van der Waals surface area contributed by atoms with Crippen molar-refractivity contribution >= 4 is 17.2 Å². The molecule has 0 bridgehead atoms. The number of ether oxygens (including phenoxy) is 1. The molecule has 0 radical (unpaired) electrons. The van der Waals surface area contributed by atoms with Crippen LogP contribution in [0.1, 0.15) is 27.2 Å². The van der Waals surface area contributed by atoms with Crippen LogP contribution in [0.4, 0.5) is 5.69 Å². The van der Waals surface area contributed by atoms with Crippen molar-refractivity contribution in [3.8, 4) is 5.75 Å². The molecule has 0 atom stereocenters. The number of H-pyrrole nitrogens is 1. The van der Waals surface area contributed by atoms with Gasteiger partial charge in [0.25, 0.3) is 11.5 Å². The second-order valence-electron chi connectivity index (χ2n) is 6.74. The molecule has 1 amide bonds. The molecule has 7 nitrogen and oxygen atoms in total. The Morgan fingerprint density at radius 1 is 1.17 bits per heavy atom. The molecule has 2 aromatic heterocycles. The fraction of sp³-hybridized carbons (Fsp3) is 0.136. The Balaban J connectivity index is 1.68. The normalized spacial score (nSPS) is 10.8. The standard InChI is InChI=1S/C22H20N4O3/c1-14-7-9-16(10-8-14)25-22(28)18-13-23-26-20(27)12-17(24-21(18)26)11-15-5-3-4-6-19(15)29-2/h3-10,12-13,23H,11H2,1-2H3,(H,25,28). The van der Waals surface area contributed by atoms with Gasteiger partial charge in [0.1, 0.15) is 11.3 Å². The molecule has 4 aromatic rings. The van der Waals surface area contributed by atoms with Crippen LogP contribution in [-0.4, -0.2) is 27.6 Å². The maximum Gasteiger partial charge on any atom is 0.272 e. The predicted octanol–water partition coefficient (Wildman–Crippen LogP) is 3.18. The lowest BCUT2D eigenvalue weighted by Crippen LogP contribution is -2.18. The first-order valence-corrected chi connectivity index (χ1v) is 9.15. The number of fused-ring (bicyclic) bond motifs is 1. The Morgan fingerprint density at radius 3 is 2.69 bits per heavy atom. The summed E-state index contributed by atoms with van der Waals surface area (Å²) in [5.74, 6) is 0.384. The second-order valence-corrected chi connectivity index (χ2v) is 6.74. The molecule has 0 aliphatic carbocycles. The number of aryl methyl sites for hydroxylation is 1. The summed E-state index contributed by atoms with van der Waals surface area (Å²) in [4.78, 5) is 29.8. The lowest BCUT2D eigenvalue weighted by Gasteiger charge is -2.08. The van der Waals surface area contributed by atoms with Gasteiger partial charge < -0.3 is 10.1 Å². The van der Waals surface area contributed by atoms with E-state index >= 15 is 0 Å². The molecule has 2 aromatic carbocycles. The third-order valence-corrected chi connectivity index (χ3v) is 4.67. The molecule has 0 spiro atoms. The van der Waals surface area contributed by atoms with Crippen molar-refractivity contribution in [3.05, 3.63) is 93.5 Å². The molecule has 0 aliphatic heterocycles. The highest BCUT2D eigenvalue weighted by Gasteiger charge is 2.16. The number of carbonyl (C=O) groups is 1. The molecule has 2 heterocycles. The first-order chi connectivity index (χ1) is 14.0. The van der Waals surface area contributed by atoms with E-state index in [4.69, 9.17) is 4.74 Å². The number of nitrogens with one attached hydrogen (secondary N) is 2. The number of rotatable bonds is 5. The first-order valence-electron chi connectivity index (χ1n) is 9.15. The third-order valence-electron chi connectivity index (χ3n) is 4.67. The van der Waals surface area contributed by atoms with Gasteiger partial charge in [0.15, 0.2) is 5.65 Å². The molecule has 0 aliphatic rings. The lowest BCUT2D eigenvalue weighted by molar-refractivity contribution is 0.102. The molecule has 146 valence electrons. The molecular formula is C22H20N4O3. The minimum atomic E-state index is -0.339. The Morgan fingerprint density at radius 2 is 1.93 bits per heavy atom. The van der Waals surface area contributed by atoms with Crippen molar-refractivity contribution in [3.63, 3.8) is 0 Å². The predicted molar refractivity (Wildman–Crippen MR) is 111 cm³/mol. The maximum atomic E-state index is 12.7. The number of anilines is 1. The zero-order valence-corrected chi connectivity index (χ0v) is 16.1. The van der Waals surface area contributed by atoms with Crippen molar-refractivity contribution < 1.29 is 9.53 Å². The van der Waals surface area contributed by atoms with Gasteiger partial charge in [0.2, 0.25) is 0 Å². The van der Waals surface area contributed by atoms with E-state index in [9.17, 15) is 9.59 Å². The van der Waals surface area contributed by atoms with Gasteiger partial charge in [-0.3, -0.25) is 14.7 Å². The number of nitrogens with zero attached hydrogens (tertiary/aromatic N) is 2. The third kappa shape index (κ3) is 3.75. The van der Waals surface area contributed by atoms with Crippen molar-refractivity contribution in [2.24, 2.45) is 0 Å². The van der Waals surface area contributed by atoms with E-state index in [-0.39, 0.29) is 17.1 Å². The number of amides is 1. The Labute approximate surface area is 167 Å². The molecule has 0 saturated heterocycles. The second kappa shape index (κ2) is 7.63. The van der Waals surface area contributed by atoms with E-state index in [0.717, 1.165) is 16.9 Å². The Hall–Kier alpha value is -3.87. The fourth-order valence-electron chi connectivity index (χ4n) is 3.17. The maximum absolute atomic E-state index is 12.7. The van der Waals surface area contributed by atoms with Gasteiger partial charge in [-0.05, 0) is 25.1 Å². The van der Waals surface area contributed by atoms with Crippen LogP contribution in [0, 0.1) is 6.92 Å². The summed E-state index contributed by atoms with van der Waals surface area (Å²) in [5, 5.41) is 5.64. The van der Waals surface area contributed by atoms with Gasteiger partial charge in [-0.2, -0.15) is 0 Å². The summed E-state index contributed by atoms with van der Waals surface area (Å²) in [6, 6.07) is 16.5. The number of aromatic nitrogens is 3. The molecular weight excluding hydrogens is 368 g/mol. The minimum Gasteiger partial charge on any atom is -0.496 e. The van der Waals surface area contributed by atoms with E-state index < -0.39 is 0 Å². The molecule has 0 unspecified atom stereocenters. The molecule has 0 saturated carbocycles. The van der Waals surface area contributed by atoms with Crippen LogP contribution in [0.3, 0.4) is 0 Å². The number of para-hydroxylation sites is 1. The smallest absolute Gasteiger partial charge is 0.272 e. The van der Waals surface area contributed by atoms with Gasteiger partial charge in [0, 0.05) is 29.9 Å². The summed E-state index contributed by atoms with van der Waals surface area (Å²) in [6.07, 6.45) is 1.90. The molecule has 2 N–H and O–H groups in total. The van der Waals surface area contributed by atoms with Crippen molar-refractivity contribution in [2.45, 2.75) is 13.3 Å². The highest BCUT2D eigenvalue weighted by Crippen LogP contribution is 2.20. The van der Waals surface area contributed by atoms with Crippen molar-refractivity contribution in [2.75, 3.05) is 12.4 Å². The van der Waals surface area contributed by atoms with Crippen LogP contribution in [0.25, 0.3) is 5.65 Å². The Bertz CT molecular complexity index is 1240. The topological polar surface area (TPSA) is 88.5 Å². The monoisotopic (exact) mass is 388 g/mol. The van der Waals surface area contributed by atoms with E-state index in [1.165, 1.54) is 16.8 Å². The summed E-state index contributed by atoms with van der Waals surface area (Å²) in [5.41, 5.74) is 3.54. The zero-order valence-electron chi connectivity index (χ0n) is 16.1. The number of benzene rings is 2. The van der Waals surface area contributed by atoms with E-state index in [1.807, 2.05) is 55.5 Å². The van der Waals surface area contributed by atoms with Gasteiger partial charge in [-0.15, -0.1) is 0 Å². The van der Waals surface area contributed by atoms with Crippen LogP contribution < -0.4 is 15.6 Å². The number of carbonyl (C=O) groups excluding carboxylic acids is 1. The van der Waals surface area contributed by atoms with Gasteiger partial charge in [-0.25, -0.2) is 9.50 Å². The first kappa shape index (κ1) is 18.5. The highest BCUT2D eigenvalue weighted by molar-refractivity contribution is 6.08. The quantitative estimate of drug-likeness (QED) is 0.550. The minimum absolute atomic E-state index is 0.283. The van der Waals surface area contributed by atoms with Crippen LogP contribution in [0.2, 0.25) is 0 Å². The number of aromatic amines is 1. The van der Waals surface area contributed by atoms with E-state index in [0.29, 0.717) is 23.4 Å². The van der Waals surface area contributed by atoms with E-state index in [1.54, 1.807) is 7.11 Å². The summed E-state index contributed by atoms with van der Waals surface area (Å²) in [6.45, 7) is 1.98. The summed E-state index contributed by atoms with van der Waals surface area (Å²) >= 11 is 0. The zero-order chi connectivity index (χ0) is 20.4. The number of hydrogen-bond acceptors (Lipinski definition) is 4. The van der Waals surface area contributed by atoms with Gasteiger partial charge in [0.05, 0.1) is 12.8 Å². The average molecular weight is 388 g/mol. The average Bonchev–Trinajstić information content (AvgIpc) is 3.15. The van der Waals surface area contributed by atoms with E-state index in [2.05, 4.69) is 15.4 Å². The molecule has 4 rings (SSSR count). The Kier molecular flexibility index (Phi) is 4.87. The highest BCUT2D eigenvalue weighted by atomic mass is 16.5. The molecule has 0 fully saturated rings. The number of methoxy groups -OCH3 is 1. The van der Waals surface area contributed by atoms with Crippen molar-refractivity contribution in [1.82, 2.24) is 14.6 Å². The SMILES string of the molecule is COc1ccccc1Cc1cc(=O)n2[nH]cc(C(=O)Nc3ccc(C)cc3)c2n1. The summed E-state index contributed by atoms with van der Waals surface area (Å²) < 4.78 is 6.64.